The maximum absolute atomic E-state index is 11.8. The molecule has 2 fully saturated rings. The molecule has 10 heteroatoms. The number of fused-ring (bicyclic) bond motifs is 1. The molecular formula is C25H31ClN6O3. The average Bonchev–Trinajstić information content (AvgIpc) is 3.43. The fraction of sp³-hybridized carbons (Fsp3) is 0.480. The standard InChI is InChI=1S/C25H31ClN6O3/c1-5-23(33)30-15-25(16-30,35-4)14-29-8-6-19(7-9-29)32-17(2)20(11-28-32)18-10-22(34-3)24-21(26)12-27-31(24)13-18/h5,10-13,19H,1,6-9,14-16H2,2-4H3. The summed E-state index contributed by atoms with van der Waals surface area (Å²) in [6, 6.07) is 2.33. The lowest BCUT2D eigenvalue weighted by atomic mass is 9.91. The Labute approximate surface area is 209 Å². The summed E-state index contributed by atoms with van der Waals surface area (Å²) in [5.74, 6) is 0.649. The van der Waals surface area contributed by atoms with Gasteiger partial charge < -0.3 is 19.3 Å². The molecule has 0 unspecified atom stereocenters. The second kappa shape index (κ2) is 9.29. The third-order valence-electron chi connectivity index (χ3n) is 7.40. The van der Waals surface area contributed by atoms with Crippen LogP contribution in [0.5, 0.6) is 5.75 Å². The van der Waals surface area contributed by atoms with Gasteiger partial charge in [-0.2, -0.15) is 10.2 Å². The maximum Gasteiger partial charge on any atom is 0.246 e. The zero-order chi connectivity index (χ0) is 24.7. The molecule has 186 valence electrons. The summed E-state index contributed by atoms with van der Waals surface area (Å²) in [6.45, 7) is 9.67. The van der Waals surface area contributed by atoms with Gasteiger partial charge in [0.25, 0.3) is 0 Å². The van der Waals surface area contributed by atoms with Crippen LogP contribution in [-0.4, -0.2) is 87.6 Å². The van der Waals surface area contributed by atoms with Gasteiger partial charge in [0.2, 0.25) is 5.91 Å². The van der Waals surface area contributed by atoms with Crippen molar-refractivity contribution in [3.05, 3.63) is 48.0 Å². The second-order valence-corrected chi connectivity index (χ2v) is 9.87. The first-order valence-corrected chi connectivity index (χ1v) is 12.2. The molecule has 3 aromatic rings. The van der Waals surface area contributed by atoms with E-state index < -0.39 is 0 Å². The highest BCUT2D eigenvalue weighted by Gasteiger charge is 2.46. The minimum absolute atomic E-state index is 0.0335. The SMILES string of the molecule is C=CC(=O)N1CC(CN2CCC(n3ncc(-c4cc(OC)c5c(Cl)cnn5c4)c3C)CC2)(OC)C1. The van der Waals surface area contributed by atoms with Gasteiger partial charge in [-0.15, -0.1) is 0 Å². The number of pyridine rings is 1. The highest BCUT2D eigenvalue weighted by atomic mass is 35.5. The number of ether oxygens (including phenoxy) is 2. The van der Waals surface area contributed by atoms with Gasteiger partial charge in [0, 0.05) is 49.8 Å². The summed E-state index contributed by atoms with van der Waals surface area (Å²) in [5, 5.41) is 9.67. The van der Waals surface area contributed by atoms with Crippen LogP contribution in [-0.2, 0) is 9.53 Å². The second-order valence-electron chi connectivity index (χ2n) is 9.46. The van der Waals surface area contributed by atoms with E-state index in [-0.39, 0.29) is 11.5 Å². The van der Waals surface area contributed by atoms with Crippen molar-refractivity contribution in [3.63, 3.8) is 0 Å². The monoisotopic (exact) mass is 498 g/mol. The van der Waals surface area contributed by atoms with Gasteiger partial charge in [-0.3, -0.25) is 9.48 Å². The van der Waals surface area contributed by atoms with E-state index in [1.54, 1.807) is 29.8 Å². The van der Waals surface area contributed by atoms with Crippen molar-refractivity contribution < 1.29 is 14.3 Å². The predicted molar refractivity (Wildman–Crippen MR) is 134 cm³/mol. The maximum atomic E-state index is 11.8. The number of hydrogen-bond donors (Lipinski definition) is 0. The van der Waals surface area contributed by atoms with Gasteiger partial charge in [0.15, 0.2) is 0 Å². The molecule has 0 spiro atoms. The third kappa shape index (κ3) is 4.22. The third-order valence-corrected chi connectivity index (χ3v) is 7.68. The van der Waals surface area contributed by atoms with Crippen LogP contribution in [0.25, 0.3) is 16.6 Å². The number of methoxy groups -OCH3 is 2. The number of piperidine rings is 1. The van der Waals surface area contributed by atoms with Crippen LogP contribution in [0.3, 0.4) is 0 Å². The molecule has 9 nitrogen and oxygen atoms in total. The molecule has 0 N–H and O–H groups in total. The van der Waals surface area contributed by atoms with Gasteiger partial charge in [-0.1, -0.05) is 18.2 Å². The van der Waals surface area contributed by atoms with Crippen LogP contribution in [0.1, 0.15) is 24.6 Å². The molecule has 5 heterocycles. The Kier molecular flexibility index (Phi) is 6.33. The lowest BCUT2D eigenvalue weighted by Crippen LogP contribution is -2.68. The first-order valence-electron chi connectivity index (χ1n) is 11.8. The lowest BCUT2D eigenvalue weighted by Gasteiger charge is -2.51. The Hall–Kier alpha value is -2.88. The van der Waals surface area contributed by atoms with Crippen molar-refractivity contribution in [1.29, 1.82) is 0 Å². The average molecular weight is 499 g/mol. The summed E-state index contributed by atoms with van der Waals surface area (Å²) >= 11 is 6.28. The number of hydrogen-bond acceptors (Lipinski definition) is 6. The normalized spacial score (nSPS) is 18.6. The minimum Gasteiger partial charge on any atom is -0.494 e. The number of amides is 1. The number of carbonyl (C=O) groups excluding carboxylic acids is 1. The number of halogens is 1. The van der Waals surface area contributed by atoms with E-state index >= 15 is 0 Å². The topological polar surface area (TPSA) is 77.1 Å². The van der Waals surface area contributed by atoms with Crippen molar-refractivity contribution in [2.24, 2.45) is 0 Å². The van der Waals surface area contributed by atoms with Crippen LogP contribution in [0.2, 0.25) is 5.02 Å². The van der Waals surface area contributed by atoms with Gasteiger partial charge in [-0.05, 0) is 31.9 Å². The fourth-order valence-corrected chi connectivity index (χ4v) is 5.61. The van der Waals surface area contributed by atoms with E-state index in [0.717, 1.165) is 54.8 Å². The fourth-order valence-electron chi connectivity index (χ4n) is 5.38. The number of nitrogens with zero attached hydrogens (tertiary/aromatic N) is 6. The Balaban J connectivity index is 1.26. The van der Waals surface area contributed by atoms with Gasteiger partial charge >= 0.3 is 0 Å². The van der Waals surface area contributed by atoms with Gasteiger partial charge in [-0.25, -0.2) is 4.52 Å². The van der Waals surface area contributed by atoms with E-state index in [4.69, 9.17) is 26.2 Å². The Morgan fingerprint density at radius 3 is 2.66 bits per heavy atom. The molecule has 0 saturated carbocycles. The van der Waals surface area contributed by atoms with E-state index in [1.807, 2.05) is 18.5 Å². The molecule has 5 rings (SSSR count). The zero-order valence-electron chi connectivity index (χ0n) is 20.4. The first-order chi connectivity index (χ1) is 16.9. The number of rotatable bonds is 7. The first kappa shape index (κ1) is 23.8. The van der Waals surface area contributed by atoms with E-state index in [0.29, 0.717) is 29.9 Å². The molecule has 0 atom stereocenters. The van der Waals surface area contributed by atoms with Gasteiger partial charge in [0.1, 0.15) is 16.9 Å². The summed E-state index contributed by atoms with van der Waals surface area (Å²) in [7, 11) is 3.37. The van der Waals surface area contributed by atoms with E-state index in [9.17, 15) is 4.79 Å². The lowest BCUT2D eigenvalue weighted by molar-refractivity contribution is -0.162. The minimum atomic E-state index is -0.284. The highest BCUT2D eigenvalue weighted by molar-refractivity contribution is 6.34. The molecule has 2 saturated heterocycles. The number of aromatic nitrogens is 4. The van der Waals surface area contributed by atoms with Crippen LogP contribution >= 0.6 is 11.6 Å². The van der Waals surface area contributed by atoms with Crippen LogP contribution in [0, 0.1) is 6.92 Å². The molecular weight excluding hydrogens is 468 g/mol. The Morgan fingerprint density at radius 1 is 1.26 bits per heavy atom. The zero-order valence-corrected chi connectivity index (χ0v) is 21.2. The van der Waals surface area contributed by atoms with Gasteiger partial charge in [0.05, 0.1) is 43.7 Å². The van der Waals surface area contributed by atoms with Crippen molar-refractivity contribution >= 4 is 23.0 Å². The molecule has 0 bridgehead atoms. The summed E-state index contributed by atoms with van der Waals surface area (Å²) in [4.78, 5) is 16.1. The summed E-state index contributed by atoms with van der Waals surface area (Å²) < 4.78 is 15.3. The molecule has 3 aromatic heterocycles. The Bertz CT molecular complexity index is 1250. The molecule has 0 aliphatic carbocycles. The number of carbonyl (C=O) groups is 1. The van der Waals surface area contributed by atoms with Crippen LogP contribution in [0.15, 0.2) is 37.3 Å². The quantitative estimate of drug-likeness (QED) is 0.465. The molecule has 35 heavy (non-hydrogen) atoms. The molecule has 1 amide bonds. The van der Waals surface area contributed by atoms with Crippen LogP contribution < -0.4 is 4.74 Å². The molecule has 0 radical (unpaired) electrons. The smallest absolute Gasteiger partial charge is 0.246 e. The van der Waals surface area contributed by atoms with E-state index in [2.05, 4.69) is 28.2 Å². The molecule has 2 aliphatic heterocycles. The van der Waals surface area contributed by atoms with Crippen molar-refractivity contribution in [2.45, 2.75) is 31.4 Å². The van der Waals surface area contributed by atoms with Crippen LogP contribution in [0.4, 0.5) is 0 Å². The van der Waals surface area contributed by atoms with Crippen molar-refractivity contribution in [1.82, 2.24) is 29.2 Å². The molecule has 0 aromatic carbocycles. The summed E-state index contributed by atoms with van der Waals surface area (Å²) in [5.41, 5.74) is 3.63. The summed E-state index contributed by atoms with van der Waals surface area (Å²) in [6.07, 6.45) is 8.89. The molecule has 2 aliphatic rings. The van der Waals surface area contributed by atoms with Crippen molar-refractivity contribution in [2.75, 3.05) is 46.9 Å². The van der Waals surface area contributed by atoms with Crippen molar-refractivity contribution in [3.8, 4) is 16.9 Å². The van der Waals surface area contributed by atoms with E-state index in [1.165, 1.54) is 6.08 Å². The largest absolute Gasteiger partial charge is 0.494 e. The highest BCUT2D eigenvalue weighted by Crippen LogP contribution is 2.35. The number of likely N-dealkylation sites (tertiary alicyclic amines) is 2. The predicted octanol–water partition coefficient (Wildman–Crippen LogP) is 3.22. The Morgan fingerprint density at radius 2 is 2.00 bits per heavy atom.